The molecule has 0 saturated heterocycles. The Kier molecular flexibility index (Phi) is 6.29. The summed E-state index contributed by atoms with van der Waals surface area (Å²) in [5, 5.41) is 8.45. The highest BCUT2D eigenvalue weighted by Gasteiger charge is 2.43. The smallest absolute Gasteiger partial charge is 0.267 e. The summed E-state index contributed by atoms with van der Waals surface area (Å²) in [4.78, 5) is 13.6. The summed E-state index contributed by atoms with van der Waals surface area (Å²) in [5.41, 5.74) is 4.75. The average molecular weight is 496 g/mol. The summed E-state index contributed by atoms with van der Waals surface area (Å²) in [6.07, 6.45) is 5.08. The third-order valence-corrected chi connectivity index (χ3v) is 6.94. The maximum absolute atomic E-state index is 13.6. The van der Waals surface area contributed by atoms with Crippen molar-refractivity contribution in [1.29, 1.82) is 0 Å². The van der Waals surface area contributed by atoms with Crippen molar-refractivity contribution in [2.75, 3.05) is 0 Å². The fourth-order valence-corrected chi connectivity index (χ4v) is 5.12. The summed E-state index contributed by atoms with van der Waals surface area (Å²) >= 11 is 18.4. The van der Waals surface area contributed by atoms with Gasteiger partial charge in [-0.15, -0.1) is 0 Å². The number of rotatable bonds is 3. The van der Waals surface area contributed by atoms with Gasteiger partial charge in [-0.05, 0) is 84.5 Å². The Labute approximate surface area is 208 Å². The van der Waals surface area contributed by atoms with Gasteiger partial charge in [-0.1, -0.05) is 65.1 Å². The topological polar surface area (TPSA) is 32.7 Å². The zero-order chi connectivity index (χ0) is 22.9. The number of fused-ring (bicyclic) bond motifs is 1. The van der Waals surface area contributed by atoms with Crippen molar-refractivity contribution in [3.05, 3.63) is 110 Å². The Morgan fingerprint density at radius 3 is 2.30 bits per heavy atom. The Bertz CT molecular complexity index is 1250. The highest BCUT2D eigenvalue weighted by molar-refractivity contribution is 6.31. The number of halogens is 3. The van der Waals surface area contributed by atoms with Gasteiger partial charge < -0.3 is 0 Å². The van der Waals surface area contributed by atoms with Crippen LogP contribution in [0.1, 0.15) is 46.8 Å². The number of hydrogen-bond acceptors (Lipinski definition) is 2. The van der Waals surface area contributed by atoms with Gasteiger partial charge in [-0.3, -0.25) is 4.79 Å². The van der Waals surface area contributed by atoms with Gasteiger partial charge in [0.2, 0.25) is 0 Å². The molecule has 1 saturated carbocycles. The first-order valence-corrected chi connectivity index (χ1v) is 12.0. The minimum atomic E-state index is -0.197. The second-order valence-corrected chi connectivity index (χ2v) is 9.67. The molecule has 2 aliphatic rings. The molecule has 33 heavy (non-hydrogen) atoms. The molecule has 1 heterocycles. The zero-order valence-electron chi connectivity index (χ0n) is 17.7. The molecule has 3 nitrogen and oxygen atoms in total. The zero-order valence-corrected chi connectivity index (χ0v) is 20.0. The molecular weight excluding hydrogens is 475 g/mol. The molecule has 2 atom stereocenters. The normalized spacial score (nSPS) is 21.1. The summed E-state index contributed by atoms with van der Waals surface area (Å²) in [7, 11) is 0. The third kappa shape index (κ3) is 4.59. The maximum atomic E-state index is 13.6. The van der Waals surface area contributed by atoms with Crippen LogP contribution in [-0.2, 0) is 0 Å². The highest BCUT2D eigenvalue weighted by atomic mass is 35.5. The van der Waals surface area contributed by atoms with E-state index in [0.717, 1.165) is 41.7 Å². The van der Waals surface area contributed by atoms with E-state index in [-0.39, 0.29) is 17.9 Å². The lowest BCUT2D eigenvalue weighted by Gasteiger charge is -2.29. The molecule has 1 fully saturated rings. The molecule has 3 aromatic carbocycles. The Hall–Kier alpha value is -2.59. The van der Waals surface area contributed by atoms with E-state index in [2.05, 4.69) is 6.08 Å². The average Bonchev–Trinajstić information content (AvgIpc) is 3.21. The predicted octanol–water partition coefficient (Wildman–Crippen LogP) is 8.08. The van der Waals surface area contributed by atoms with E-state index in [1.165, 1.54) is 0 Å². The van der Waals surface area contributed by atoms with Crippen molar-refractivity contribution in [3.63, 3.8) is 0 Å². The monoisotopic (exact) mass is 494 g/mol. The van der Waals surface area contributed by atoms with Gasteiger partial charge in [0.05, 0.1) is 11.8 Å². The first-order valence-electron chi connectivity index (χ1n) is 10.9. The lowest BCUT2D eigenvalue weighted by atomic mass is 9.77. The number of hydrogen-bond donors (Lipinski definition) is 0. The van der Waals surface area contributed by atoms with Gasteiger partial charge in [0, 0.05) is 26.5 Å². The van der Waals surface area contributed by atoms with Crippen LogP contribution in [0, 0.1) is 5.92 Å². The highest BCUT2D eigenvalue weighted by Crippen LogP contribution is 2.45. The van der Waals surface area contributed by atoms with Crippen LogP contribution in [0.3, 0.4) is 0 Å². The predicted molar refractivity (Wildman–Crippen MR) is 136 cm³/mol. The van der Waals surface area contributed by atoms with Gasteiger partial charge in [0.15, 0.2) is 0 Å². The summed E-state index contributed by atoms with van der Waals surface area (Å²) in [6.45, 7) is 0. The molecule has 1 aliphatic heterocycles. The maximum Gasteiger partial charge on any atom is 0.274 e. The Balaban J connectivity index is 1.58. The Morgan fingerprint density at radius 2 is 1.61 bits per heavy atom. The quantitative estimate of drug-likeness (QED) is 0.361. The van der Waals surface area contributed by atoms with E-state index in [0.29, 0.717) is 20.6 Å². The summed E-state index contributed by atoms with van der Waals surface area (Å²) in [5.74, 6) is -0.0493. The van der Waals surface area contributed by atoms with Crippen molar-refractivity contribution < 1.29 is 4.79 Å². The van der Waals surface area contributed by atoms with Crippen molar-refractivity contribution in [1.82, 2.24) is 5.01 Å². The van der Waals surface area contributed by atoms with Gasteiger partial charge in [0.25, 0.3) is 5.91 Å². The van der Waals surface area contributed by atoms with Crippen LogP contribution in [0.25, 0.3) is 6.08 Å². The van der Waals surface area contributed by atoms with Crippen LogP contribution < -0.4 is 0 Å². The van der Waals surface area contributed by atoms with Gasteiger partial charge >= 0.3 is 0 Å². The van der Waals surface area contributed by atoms with Crippen LogP contribution >= 0.6 is 34.8 Å². The number of allylic oxidation sites excluding steroid dienone is 1. The molecule has 1 aliphatic carbocycles. The van der Waals surface area contributed by atoms with E-state index in [9.17, 15) is 4.79 Å². The number of hydrazone groups is 1. The number of carbonyl (C=O) groups excluding carboxylic acids is 1. The lowest BCUT2D eigenvalue weighted by Crippen LogP contribution is -2.31. The van der Waals surface area contributed by atoms with Crippen molar-refractivity contribution >= 4 is 52.5 Å². The molecule has 3 aromatic rings. The minimum absolute atomic E-state index is 0.113. The first-order chi connectivity index (χ1) is 16.0. The second kappa shape index (κ2) is 9.34. The molecule has 0 spiro atoms. The summed E-state index contributed by atoms with van der Waals surface area (Å²) < 4.78 is 0. The molecule has 0 radical (unpaired) electrons. The fourth-order valence-electron chi connectivity index (χ4n) is 4.68. The van der Waals surface area contributed by atoms with E-state index in [4.69, 9.17) is 39.9 Å². The van der Waals surface area contributed by atoms with Crippen molar-refractivity contribution in [3.8, 4) is 0 Å². The second-order valence-electron chi connectivity index (χ2n) is 8.36. The largest absolute Gasteiger partial charge is 0.274 e. The molecule has 0 bridgehead atoms. The first kappa shape index (κ1) is 22.2. The molecule has 1 amide bonds. The van der Waals surface area contributed by atoms with Crippen LogP contribution in [0.2, 0.25) is 15.1 Å². The fraction of sp³-hybridized carbons (Fsp3) is 0.185. The van der Waals surface area contributed by atoms with Gasteiger partial charge in [-0.2, -0.15) is 5.10 Å². The van der Waals surface area contributed by atoms with Crippen LogP contribution in [0.5, 0.6) is 0 Å². The van der Waals surface area contributed by atoms with Crippen LogP contribution in [0.4, 0.5) is 0 Å². The minimum Gasteiger partial charge on any atom is -0.267 e. The molecule has 0 unspecified atom stereocenters. The standard InChI is InChI=1S/C27H21Cl3N2O/c28-21-11-7-17(8-12-21)15-19-3-2-6-24-25(19)31-32(26(24)18-9-13-22(29)14-10-18)27(33)20-4-1-5-23(30)16-20/h1,4-5,7-16,24,26H,2-3,6H2/b19-15+/t24-,26+/m1/s1. The number of nitrogens with zero attached hydrogens (tertiary/aromatic N) is 2. The number of carbonyl (C=O) groups is 1. The SMILES string of the molecule is O=C(c1cccc(Cl)c1)N1N=C2/C(=C/c3ccc(Cl)cc3)CCC[C@H]2[C@@H]1c1ccc(Cl)cc1. The van der Waals surface area contributed by atoms with Crippen LogP contribution in [0.15, 0.2) is 83.5 Å². The summed E-state index contributed by atoms with van der Waals surface area (Å²) in [6, 6.07) is 22.3. The van der Waals surface area contributed by atoms with E-state index in [1.54, 1.807) is 29.3 Å². The molecular formula is C27H21Cl3N2O. The van der Waals surface area contributed by atoms with Crippen molar-refractivity contribution in [2.45, 2.75) is 25.3 Å². The van der Waals surface area contributed by atoms with Gasteiger partial charge in [-0.25, -0.2) is 5.01 Å². The molecule has 0 aromatic heterocycles. The molecule has 0 N–H and O–H groups in total. The number of amides is 1. The van der Waals surface area contributed by atoms with Gasteiger partial charge in [0.1, 0.15) is 0 Å². The number of benzene rings is 3. The molecule has 166 valence electrons. The van der Waals surface area contributed by atoms with E-state index in [1.807, 2.05) is 48.5 Å². The molecule has 5 rings (SSSR count). The third-order valence-electron chi connectivity index (χ3n) is 6.20. The molecule has 6 heteroatoms. The van der Waals surface area contributed by atoms with E-state index < -0.39 is 0 Å². The van der Waals surface area contributed by atoms with E-state index >= 15 is 0 Å². The Morgan fingerprint density at radius 1 is 0.909 bits per heavy atom. The van der Waals surface area contributed by atoms with Crippen LogP contribution in [-0.4, -0.2) is 16.6 Å². The lowest BCUT2D eigenvalue weighted by molar-refractivity contribution is 0.0681. The van der Waals surface area contributed by atoms with Crippen molar-refractivity contribution in [2.24, 2.45) is 11.0 Å².